The van der Waals surface area contributed by atoms with Crippen LogP contribution in [-0.4, -0.2) is 28.1 Å². The van der Waals surface area contributed by atoms with Gasteiger partial charge in [0.05, 0.1) is 6.42 Å². The number of nitrogens with zero attached hydrogens (tertiary/aromatic N) is 2. The molecule has 11 heteroatoms. The van der Waals surface area contributed by atoms with E-state index in [1.165, 1.54) is 6.07 Å². The average molecular weight is 395 g/mol. The van der Waals surface area contributed by atoms with E-state index in [-0.39, 0.29) is 27.0 Å². The topological polar surface area (TPSA) is 84.9 Å². The Labute approximate surface area is 147 Å². The Kier molecular flexibility index (Phi) is 4.16. The second-order valence-electron chi connectivity index (χ2n) is 5.17. The van der Waals surface area contributed by atoms with Crippen LogP contribution in [-0.2, 0) is 10.4 Å². The summed E-state index contributed by atoms with van der Waals surface area (Å²) in [5, 5.41) is 15.6. The number of rotatable bonds is 3. The number of benzene rings is 1. The predicted octanol–water partition coefficient (Wildman–Crippen LogP) is 4.26. The molecule has 0 saturated carbocycles. The van der Waals surface area contributed by atoms with Gasteiger partial charge in [-0.1, -0.05) is 33.5 Å². The van der Waals surface area contributed by atoms with Gasteiger partial charge in [-0.25, -0.2) is 4.79 Å². The average Bonchev–Trinajstić information content (AvgIpc) is 3.13. The largest absolute Gasteiger partial charge is 0.475 e. The van der Waals surface area contributed by atoms with Gasteiger partial charge in [0.25, 0.3) is 5.60 Å². The number of hydrogen-bond donors (Lipinski definition) is 1. The number of alkyl halides is 3. The summed E-state index contributed by atoms with van der Waals surface area (Å²) in [7, 11) is 0. The zero-order chi connectivity index (χ0) is 18.4. The Hall–Kier alpha value is -2.26. The van der Waals surface area contributed by atoms with E-state index in [2.05, 4.69) is 14.8 Å². The predicted molar refractivity (Wildman–Crippen MR) is 79.9 cm³/mol. The Morgan fingerprint density at radius 2 is 1.84 bits per heavy atom. The van der Waals surface area contributed by atoms with Gasteiger partial charge >= 0.3 is 12.1 Å². The number of carboxylic acid groups (broad SMARTS) is 1. The molecular weight excluding hydrogens is 388 g/mol. The molecule has 1 aliphatic rings. The molecule has 0 radical (unpaired) electrons. The maximum atomic E-state index is 13.8. The third kappa shape index (κ3) is 3.05. The van der Waals surface area contributed by atoms with Crippen molar-refractivity contribution in [2.75, 3.05) is 0 Å². The molecule has 0 aliphatic carbocycles. The maximum Gasteiger partial charge on any atom is 0.435 e. The van der Waals surface area contributed by atoms with Crippen molar-refractivity contribution in [3.63, 3.8) is 0 Å². The van der Waals surface area contributed by atoms with Crippen LogP contribution in [0.2, 0.25) is 10.0 Å². The number of aromatic nitrogens is 1. The SMILES string of the molecule is O=C(O)c1cc(C2=NOC(c3cc(Cl)cc(Cl)c3)(C(F)(F)F)C2)no1. The van der Waals surface area contributed by atoms with Crippen LogP contribution in [0.3, 0.4) is 0 Å². The molecule has 132 valence electrons. The zero-order valence-electron chi connectivity index (χ0n) is 12.0. The third-order valence-electron chi connectivity index (χ3n) is 3.53. The Morgan fingerprint density at radius 1 is 1.20 bits per heavy atom. The van der Waals surface area contributed by atoms with Gasteiger partial charge in [0, 0.05) is 21.7 Å². The normalized spacial score (nSPS) is 20.3. The van der Waals surface area contributed by atoms with Gasteiger partial charge in [0.2, 0.25) is 5.76 Å². The van der Waals surface area contributed by atoms with E-state index in [1.807, 2.05) is 0 Å². The first-order valence-electron chi connectivity index (χ1n) is 6.61. The van der Waals surface area contributed by atoms with Crippen LogP contribution in [0.15, 0.2) is 33.9 Å². The second-order valence-corrected chi connectivity index (χ2v) is 6.04. The first-order valence-corrected chi connectivity index (χ1v) is 7.37. The van der Waals surface area contributed by atoms with Crippen LogP contribution in [0.1, 0.15) is 28.2 Å². The van der Waals surface area contributed by atoms with E-state index in [0.717, 1.165) is 18.2 Å². The van der Waals surface area contributed by atoms with Gasteiger partial charge in [-0.2, -0.15) is 13.2 Å². The monoisotopic (exact) mass is 394 g/mol. The summed E-state index contributed by atoms with van der Waals surface area (Å²) >= 11 is 11.6. The summed E-state index contributed by atoms with van der Waals surface area (Å²) in [5.41, 5.74) is -3.54. The number of aromatic carboxylic acids is 1. The Bertz CT molecular complexity index is 861. The number of halogens is 5. The lowest BCUT2D eigenvalue weighted by atomic mass is 9.87. The van der Waals surface area contributed by atoms with Gasteiger partial charge in [-0.3, -0.25) is 0 Å². The summed E-state index contributed by atoms with van der Waals surface area (Å²) in [6.07, 6.45) is -5.61. The highest BCUT2D eigenvalue weighted by atomic mass is 35.5. The zero-order valence-corrected chi connectivity index (χ0v) is 13.5. The van der Waals surface area contributed by atoms with E-state index in [0.29, 0.717) is 0 Å². The van der Waals surface area contributed by atoms with E-state index >= 15 is 0 Å². The molecule has 3 rings (SSSR count). The maximum absolute atomic E-state index is 13.8. The highest BCUT2D eigenvalue weighted by Crippen LogP contribution is 2.49. The molecule has 6 nitrogen and oxygen atoms in total. The van der Waals surface area contributed by atoms with Gasteiger partial charge in [0.1, 0.15) is 11.4 Å². The summed E-state index contributed by atoms with van der Waals surface area (Å²) < 4.78 is 45.8. The Morgan fingerprint density at radius 3 is 2.36 bits per heavy atom. The van der Waals surface area contributed by atoms with Crippen LogP contribution in [0.5, 0.6) is 0 Å². The molecule has 0 amide bonds. The van der Waals surface area contributed by atoms with Crippen LogP contribution in [0.25, 0.3) is 0 Å². The highest BCUT2D eigenvalue weighted by Gasteiger charge is 2.62. The number of carboxylic acids is 1. The molecule has 1 N–H and O–H groups in total. The van der Waals surface area contributed by atoms with Gasteiger partial charge in [-0.15, -0.1) is 0 Å². The van der Waals surface area contributed by atoms with E-state index < -0.39 is 29.9 Å². The van der Waals surface area contributed by atoms with Crippen molar-refractivity contribution in [1.82, 2.24) is 5.16 Å². The molecule has 2 aromatic rings. The standard InChI is InChI=1S/C14H7Cl2F3N2O4/c15-7-1-6(2-8(16)3-7)13(14(17,18)19)5-10(21-25-13)9-4-11(12(22)23)24-20-9/h1-4H,5H2,(H,22,23). The summed E-state index contributed by atoms with van der Waals surface area (Å²) in [6.45, 7) is 0. The molecule has 1 aromatic carbocycles. The minimum absolute atomic E-state index is 0.00206. The quantitative estimate of drug-likeness (QED) is 0.840. The lowest BCUT2D eigenvalue weighted by Crippen LogP contribution is -2.42. The molecule has 1 aromatic heterocycles. The van der Waals surface area contributed by atoms with Gasteiger partial charge in [-0.05, 0) is 18.2 Å². The summed E-state index contributed by atoms with van der Waals surface area (Å²) in [5.74, 6) is -1.95. The lowest BCUT2D eigenvalue weighted by Gasteiger charge is -2.29. The first kappa shape index (κ1) is 17.6. The minimum atomic E-state index is -4.86. The van der Waals surface area contributed by atoms with E-state index in [1.54, 1.807) is 0 Å². The number of hydrogen-bond acceptors (Lipinski definition) is 5. The fourth-order valence-electron chi connectivity index (χ4n) is 2.34. The van der Waals surface area contributed by atoms with Gasteiger partial charge < -0.3 is 14.5 Å². The van der Waals surface area contributed by atoms with Crippen molar-refractivity contribution >= 4 is 34.9 Å². The van der Waals surface area contributed by atoms with Crippen molar-refractivity contribution in [2.45, 2.75) is 18.2 Å². The van der Waals surface area contributed by atoms with Crippen LogP contribution >= 0.6 is 23.2 Å². The number of oxime groups is 1. The molecule has 0 bridgehead atoms. The summed E-state index contributed by atoms with van der Waals surface area (Å²) in [4.78, 5) is 15.6. The molecule has 2 heterocycles. The molecule has 1 atom stereocenters. The van der Waals surface area contributed by atoms with Crippen LogP contribution in [0.4, 0.5) is 13.2 Å². The van der Waals surface area contributed by atoms with Crippen LogP contribution in [0, 0.1) is 0 Å². The highest BCUT2D eigenvalue weighted by molar-refractivity contribution is 6.34. The lowest BCUT2D eigenvalue weighted by molar-refractivity contribution is -0.275. The smallest absolute Gasteiger partial charge is 0.435 e. The molecule has 0 spiro atoms. The van der Waals surface area contributed by atoms with E-state index in [4.69, 9.17) is 33.1 Å². The van der Waals surface area contributed by atoms with Gasteiger partial charge in [0.15, 0.2) is 0 Å². The first-order chi connectivity index (χ1) is 11.6. The van der Waals surface area contributed by atoms with Crippen LogP contribution < -0.4 is 0 Å². The van der Waals surface area contributed by atoms with Crippen molar-refractivity contribution in [2.24, 2.45) is 5.16 Å². The molecule has 0 saturated heterocycles. The third-order valence-corrected chi connectivity index (χ3v) is 3.97. The molecular formula is C14H7Cl2F3N2O4. The fraction of sp³-hybridized carbons (Fsp3) is 0.214. The van der Waals surface area contributed by atoms with Crippen molar-refractivity contribution < 1.29 is 32.4 Å². The van der Waals surface area contributed by atoms with Crippen molar-refractivity contribution in [3.8, 4) is 0 Å². The minimum Gasteiger partial charge on any atom is -0.475 e. The second kappa shape index (κ2) is 5.92. The van der Waals surface area contributed by atoms with Crippen molar-refractivity contribution in [3.05, 3.63) is 51.3 Å². The van der Waals surface area contributed by atoms with E-state index in [9.17, 15) is 18.0 Å². The molecule has 1 unspecified atom stereocenters. The molecule has 1 aliphatic heterocycles. The van der Waals surface area contributed by atoms with Crippen molar-refractivity contribution in [1.29, 1.82) is 0 Å². The summed E-state index contributed by atoms with van der Waals surface area (Å²) in [6, 6.07) is 4.39. The molecule has 0 fully saturated rings. The molecule has 25 heavy (non-hydrogen) atoms. The number of carbonyl (C=O) groups is 1. The fourth-order valence-corrected chi connectivity index (χ4v) is 2.87. The Balaban J connectivity index is 2.01.